The second-order valence-corrected chi connectivity index (χ2v) is 9.53. The number of anilines is 2. The summed E-state index contributed by atoms with van der Waals surface area (Å²) in [5.41, 5.74) is 5.99. The van der Waals surface area contributed by atoms with Crippen molar-refractivity contribution in [1.29, 1.82) is 0 Å². The van der Waals surface area contributed by atoms with E-state index in [1.807, 2.05) is 0 Å². The third-order valence-corrected chi connectivity index (χ3v) is 6.19. The van der Waals surface area contributed by atoms with Crippen LogP contribution in [0.3, 0.4) is 0 Å². The van der Waals surface area contributed by atoms with Crippen molar-refractivity contribution >= 4 is 38.9 Å². The predicted octanol–water partition coefficient (Wildman–Crippen LogP) is 2.38. The van der Waals surface area contributed by atoms with Crippen LogP contribution in [0.15, 0.2) is 18.3 Å². The number of hydrogen-bond acceptors (Lipinski definition) is 8. The lowest BCUT2D eigenvalue weighted by Crippen LogP contribution is -2.39. The number of nitrogens with zero attached hydrogens (tertiary/aromatic N) is 2. The third kappa shape index (κ3) is 5.63. The van der Waals surface area contributed by atoms with Gasteiger partial charge in [0.25, 0.3) is 0 Å². The van der Waals surface area contributed by atoms with Crippen LogP contribution in [-0.4, -0.2) is 48.7 Å². The Morgan fingerprint density at radius 1 is 1.23 bits per heavy atom. The van der Waals surface area contributed by atoms with E-state index >= 15 is 0 Å². The molecule has 1 aromatic heterocycles. The summed E-state index contributed by atoms with van der Waals surface area (Å²) in [7, 11) is -1.91. The van der Waals surface area contributed by atoms with E-state index in [0.29, 0.717) is 12.8 Å². The number of halogens is 2. The van der Waals surface area contributed by atoms with Crippen molar-refractivity contribution in [3.8, 4) is 5.75 Å². The number of nitrogen functional groups attached to an aromatic ring is 1. The molecule has 3 rings (SSSR count). The molecular formula is C19H23F2N5O3S2. The first-order valence-corrected chi connectivity index (χ1v) is 11.8. The van der Waals surface area contributed by atoms with E-state index in [9.17, 15) is 17.2 Å². The topological polar surface area (TPSA) is 119 Å². The molecule has 31 heavy (non-hydrogen) atoms. The Labute approximate surface area is 184 Å². The second-order valence-electron chi connectivity index (χ2n) is 7.34. The first-order chi connectivity index (χ1) is 14.6. The van der Waals surface area contributed by atoms with Crippen LogP contribution in [0, 0.1) is 11.6 Å². The Balaban J connectivity index is 1.72. The number of thiocarbonyl (C=S) groups is 1. The number of nitrogens with one attached hydrogen (secondary N) is 2. The van der Waals surface area contributed by atoms with E-state index in [-0.39, 0.29) is 45.6 Å². The standard InChI is InChI=1S/C19H23F2N5O3S2/c1-29-14-8-7-13(20)16(21)15(14)17(30)12-9-23-19(25-18(12)22)24-10-3-5-11(6-4-10)26-31(2,27)28/h7-11,26H,3-6H2,1-2H3,(H3,22,23,24,25). The van der Waals surface area contributed by atoms with Gasteiger partial charge in [-0.25, -0.2) is 26.9 Å². The maximum atomic E-state index is 14.4. The molecule has 1 fully saturated rings. The zero-order valence-electron chi connectivity index (χ0n) is 17.0. The lowest BCUT2D eigenvalue weighted by molar-refractivity contribution is 0.387. The van der Waals surface area contributed by atoms with Gasteiger partial charge in [0.2, 0.25) is 16.0 Å². The number of aromatic nitrogens is 2. The van der Waals surface area contributed by atoms with Crippen LogP contribution in [0.25, 0.3) is 0 Å². The average Bonchev–Trinajstić information content (AvgIpc) is 2.70. The maximum Gasteiger partial charge on any atom is 0.224 e. The summed E-state index contributed by atoms with van der Waals surface area (Å²) in [6, 6.07) is 2.19. The number of ether oxygens (including phenoxy) is 1. The molecule has 0 unspecified atom stereocenters. The summed E-state index contributed by atoms with van der Waals surface area (Å²) in [6.45, 7) is 0. The fourth-order valence-electron chi connectivity index (χ4n) is 3.53. The van der Waals surface area contributed by atoms with Gasteiger partial charge in [0, 0.05) is 18.3 Å². The fourth-order valence-corrected chi connectivity index (χ4v) is 4.72. The van der Waals surface area contributed by atoms with Crippen molar-refractivity contribution in [3.63, 3.8) is 0 Å². The van der Waals surface area contributed by atoms with Crippen LogP contribution in [0.4, 0.5) is 20.5 Å². The smallest absolute Gasteiger partial charge is 0.224 e. The third-order valence-electron chi connectivity index (χ3n) is 5.01. The molecule has 4 N–H and O–H groups in total. The van der Waals surface area contributed by atoms with E-state index in [2.05, 4.69) is 20.0 Å². The molecule has 168 valence electrons. The number of benzene rings is 1. The molecule has 2 aromatic rings. The molecule has 0 atom stereocenters. The molecule has 0 spiro atoms. The zero-order chi connectivity index (χ0) is 22.8. The van der Waals surface area contributed by atoms with Crippen LogP contribution in [0.5, 0.6) is 5.75 Å². The van der Waals surface area contributed by atoms with Gasteiger partial charge >= 0.3 is 0 Å². The fraction of sp³-hybridized carbons (Fsp3) is 0.421. The first-order valence-electron chi connectivity index (χ1n) is 9.52. The van der Waals surface area contributed by atoms with Crippen LogP contribution < -0.4 is 20.5 Å². The van der Waals surface area contributed by atoms with Crippen LogP contribution in [0.1, 0.15) is 36.8 Å². The van der Waals surface area contributed by atoms with Crippen LogP contribution in [0.2, 0.25) is 0 Å². The highest BCUT2D eigenvalue weighted by atomic mass is 32.2. The van der Waals surface area contributed by atoms with Crippen LogP contribution >= 0.6 is 12.2 Å². The van der Waals surface area contributed by atoms with Crippen LogP contribution in [-0.2, 0) is 10.0 Å². The number of hydrogen-bond donors (Lipinski definition) is 3. The molecule has 0 radical (unpaired) electrons. The average molecular weight is 472 g/mol. The predicted molar refractivity (Wildman–Crippen MR) is 118 cm³/mol. The van der Waals surface area contributed by atoms with Gasteiger partial charge in [-0.15, -0.1) is 0 Å². The Bertz CT molecular complexity index is 1090. The number of sulfonamides is 1. The van der Waals surface area contributed by atoms with Gasteiger partial charge in [-0.3, -0.25) is 0 Å². The van der Waals surface area contributed by atoms with Gasteiger partial charge in [0.1, 0.15) is 11.6 Å². The summed E-state index contributed by atoms with van der Waals surface area (Å²) in [4.78, 5) is 8.34. The van der Waals surface area contributed by atoms with Crippen molar-refractivity contribution in [3.05, 3.63) is 41.1 Å². The van der Waals surface area contributed by atoms with Crippen molar-refractivity contribution in [2.24, 2.45) is 0 Å². The molecule has 1 aliphatic rings. The lowest BCUT2D eigenvalue weighted by atomic mass is 9.92. The van der Waals surface area contributed by atoms with Gasteiger partial charge in [-0.1, -0.05) is 12.2 Å². The summed E-state index contributed by atoms with van der Waals surface area (Å²) in [5.74, 6) is -1.83. The molecule has 0 bridgehead atoms. The quantitative estimate of drug-likeness (QED) is 0.416. The maximum absolute atomic E-state index is 14.4. The molecule has 1 saturated carbocycles. The number of methoxy groups -OCH3 is 1. The van der Waals surface area contributed by atoms with E-state index in [0.717, 1.165) is 25.2 Å². The summed E-state index contributed by atoms with van der Waals surface area (Å²) < 4.78 is 58.5. The molecule has 1 aliphatic carbocycles. The number of rotatable bonds is 7. The van der Waals surface area contributed by atoms with E-state index in [1.165, 1.54) is 19.4 Å². The largest absolute Gasteiger partial charge is 0.496 e. The van der Waals surface area contributed by atoms with Crippen molar-refractivity contribution in [1.82, 2.24) is 14.7 Å². The highest BCUT2D eigenvalue weighted by molar-refractivity contribution is 7.88. The summed E-state index contributed by atoms with van der Waals surface area (Å²) in [6.07, 6.45) is 5.31. The lowest BCUT2D eigenvalue weighted by Gasteiger charge is -2.29. The Kier molecular flexibility index (Phi) is 7.02. The molecule has 0 aliphatic heterocycles. The molecular weight excluding hydrogens is 448 g/mol. The highest BCUT2D eigenvalue weighted by Gasteiger charge is 2.25. The van der Waals surface area contributed by atoms with Gasteiger partial charge in [0.05, 0.1) is 29.4 Å². The van der Waals surface area contributed by atoms with Gasteiger partial charge < -0.3 is 15.8 Å². The minimum absolute atomic E-state index is 0.0145. The summed E-state index contributed by atoms with van der Waals surface area (Å²) >= 11 is 5.31. The SMILES string of the molecule is COc1ccc(F)c(F)c1C(=S)c1cnc(NC2CCC(NS(C)(=O)=O)CC2)nc1N. The first kappa shape index (κ1) is 23.2. The van der Waals surface area contributed by atoms with Crippen molar-refractivity contribution in [2.45, 2.75) is 37.8 Å². The Morgan fingerprint density at radius 2 is 1.87 bits per heavy atom. The Morgan fingerprint density at radius 3 is 2.45 bits per heavy atom. The second kappa shape index (κ2) is 9.37. The number of nitrogens with two attached hydrogens (primary N) is 1. The van der Waals surface area contributed by atoms with E-state index in [1.54, 1.807) is 0 Å². The summed E-state index contributed by atoms with van der Waals surface area (Å²) in [5, 5.41) is 3.17. The van der Waals surface area contributed by atoms with E-state index in [4.69, 9.17) is 22.7 Å². The molecule has 12 heteroatoms. The Hall–Kier alpha value is -2.44. The molecule has 8 nitrogen and oxygen atoms in total. The normalized spacial score (nSPS) is 19.1. The van der Waals surface area contributed by atoms with Gasteiger partial charge in [-0.2, -0.15) is 4.98 Å². The van der Waals surface area contributed by atoms with Gasteiger partial charge in [-0.05, 0) is 37.8 Å². The molecule has 1 heterocycles. The molecule has 0 amide bonds. The minimum Gasteiger partial charge on any atom is -0.496 e. The van der Waals surface area contributed by atoms with Gasteiger partial charge in [0.15, 0.2) is 11.6 Å². The molecule has 1 aromatic carbocycles. The van der Waals surface area contributed by atoms with E-state index < -0.39 is 21.7 Å². The minimum atomic E-state index is -3.24. The van der Waals surface area contributed by atoms with Crippen molar-refractivity contribution in [2.75, 3.05) is 24.4 Å². The zero-order valence-corrected chi connectivity index (χ0v) is 18.6. The molecule has 0 saturated heterocycles. The van der Waals surface area contributed by atoms with Crippen molar-refractivity contribution < 1.29 is 21.9 Å². The highest BCUT2D eigenvalue weighted by Crippen LogP contribution is 2.29. The monoisotopic (exact) mass is 471 g/mol.